The summed E-state index contributed by atoms with van der Waals surface area (Å²) in [6.45, 7) is 2.32. The van der Waals surface area contributed by atoms with Crippen molar-refractivity contribution in [3.8, 4) is 0 Å². The number of aromatic nitrogens is 2. The molecule has 3 amide bonds. The van der Waals surface area contributed by atoms with E-state index in [1.54, 1.807) is 30.6 Å². The Morgan fingerprint density at radius 2 is 2.23 bits per heavy atom. The third-order valence-corrected chi connectivity index (χ3v) is 3.99. The van der Waals surface area contributed by atoms with Crippen molar-refractivity contribution in [2.45, 2.75) is 25.9 Å². The molecule has 2 heterocycles. The number of carbonyl (C=O) groups is 2. The summed E-state index contributed by atoms with van der Waals surface area (Å²) < 4.78 is 1.54. The maximum Gasteiger partial charge on any atom is 0.321 e. The van der Waals surface area contributed by atoms with E-state index in [-0.39, 0.29) is 5.91 Å². The lowest BCUT2D eigenvalue weighted by molar-refractivity contribution is -0.123. The molecule has 22 heavy (non-hydrogen) atoms. The highest BCUT2D eigenvalue weighted by molar-refractivity contribution is 7.09. The van der Waals surface area contributed by atoms with E-state index >= 15 is 0 Å². The monoisotopic (exact) mass is 321 g/mol. The Morgan fingerprint density at radius 1 is 1.41 bits per heavy atom. The lowest BCUT2D eigenvalue weighted by Crippen LogP contribution is -2.47. The highest BCUT2D eigenvalue weighted by atomic mass is 32.1. The maximum atomic E-state index is 12.1. The molecule has 8 heteroatoms. The summed E-state index contributed by atoms with van der Waals surface area (Å²) in [6.07, 6.45) is 2.09. The van der Waals surface area contributed by atoms with E-state index in [0.29, 0.717) is 18.8 Å². The molecule has 2 rings (SSSR count). The molecular formula is C14H19N5O2S. The summed E-state index contributed by atoms with van der Waals surface area (Å²) in [7, 11) is 1.72. The maximum absolute atomic E-state index is 12.1. The summed E-state index contributed by atoms with van der Waals surface area (Å²) in [5.74, 6) is 0.363. The first-order chi connectivity index (χ1) is 10.6. The normalized spacial score (nSPS) is 11.7. The van der Waals surface area contributed by atoms with Crippen LogP contribution in [0, 0.1) is 0 Å². The molecule has 0 aromatic carbocycles. The van der Waals surface area contributed by atoms with Crippen LogP contribution >= 0.6 is 11.3 Å². The van der Waals surface area contributed by atoms with Crippen molar-refractivity contribution < 1.29 is 9.59 Å². The van der Waals surface area contributed by atoms with Crippen LogP contribution in [0.15, 0.2) is 29.8 Å². The average molecular weight is 321 g/mol. The third-order valence-electron chi connectivity index (χ3n) is 3.11. The molecule has 0 spiro atoms. The van der Waals surface area contributed by atoms with Crippen LogP contribution < -0.4 is 16.0 Å². The van der Waals surface area contributed by atoms with Gasteiger partial charge in [-0.3, -0.25) is 14.8 Å². The van der Waals surface area contributed by atoms with Crippen LogP contribution in [0.4, 0.5) is 10.6 Å². The molecule has 0 bridgehead atoms. The lowest BCUT2D eigenvalue weighted by atomic mass is 10.2. The highest BCUT2D eigenvalue weighted by Crippen LogP contribution is 2.08. The Morgan fingerprint density at radius 3 is 2.82 bits per heavy atom. The van der Waals surface area contributed by atoms with Gasteiger partial charge >= 0.3 is 6.03 Å². The van der Waals surface area contributed by atoms with Crippen molar-refractivity contribution in [2.24, 2.45) is 7.05 Å². The SMILES string of the molecule is CCC(NC(=O)Nc1ccnn1C)C(=O)NCc1cccs1. The first-order valence-electron chi connectivity index (χ1n) is 6.95. The number of amides is 3. The van der Waals surface area contributed by atoms with E-state index in [0.717, 1.165) is 4.88 Å². The minimum absolute atomic E-state index is 0.198. The Bertz CT molecular complexity index is 623. The minimum atomic E-state index is -0.576. The predicted molar refractivity (Wildman–Crippen MR) is 85.6 cm³/mol. The zero-order valence-electron chi connectivity index (χ0n) is 12.5. The van der Waals surface area contributed by atoms with Gasteiger partial charge < -0.3 is 10.6 Å². The standard InChI is InChI=1S/C14H19N5O2S/c1-3-11(13(20)15-9-10-5-4-8-22-10)17-14(21)18-12-6-7-16-19(12)2/h4-8,11H,3,9H2,1-2H3,(H,15,20)(H2,17,18,21). The summed E-state index contributed by atoms with van der Waals surface area (Å²) in [5, 5.41) is 14.1. The molecule has 0 aliphatic carbocycles. The van der Waals surface area contributed by atoms with Gasteiger partial charge in [0.2, 0.25) is 5.91 Å². The molecule has 1 unspecified atom stereocenters. The van der Waals surface area contributed by atoms with Gasteiger partial charge in [-0.1, -0.05) is 13.0 Å². The van der Waals surface area contributed by atoms with E-state index in [9.17, 15) is 9.59 Å². The van der Waals surface area contributed by atoms with Crippen molar-refractivity contribution in [1.82, 2.24) is 20.4 Å². The van der Waals surface area contributed by atoms with Crippen LogP contribution in [0.1, 0.15) is 18.2 Å². The highest BCUT2D eigenvalue weighted by Gasteiger charge is 2.19. The molecule has 0 aliphatic heterocycles. The molecule has 3 N–H and O–H groups in total. The molecule has 7 nitrogen and oxygen atoms in total. The average Bonchev–Trinajstić information content (AvgIpc) is 3.15. The fourth-order valence-corrected chi connectivity index (χ4v) is 2.52. The number of hydrogen-bond acceptors (Lipinski definition) is 4. The Balaban J connectivity index is 1.83. The van der Waals surface area contributed by atoms with E-state index < -0.39 is 12.1 Å². The number of carbonyl (C=O) groups excluding carboxylic acids is 2. The number of hydrogen-bond donors (Lipinski definition) is 3. The summed E-state index contributed by atoms with van der Waals surface area (Å²) in [5.41, 5.74) is 0. The molecule has 1 atom stereocenters. The molecule has 118 valence electrons. The smallest absolute Gasteiger partial charge is 0.321 e. The van der Waals surface area contributed by atoms with Gasteiger partial charge in [0.15, 0.2) is 0 Å². The van der Waals surface area contributed by atoms with Crippen molar-refractivity contribution >= 4 is 29.1 Å². The first kappa shape index (κ1) is 16.0. The molecule has 2 aromatic rings. The molecule has 0 fully saturated rings. The van der Waals surface area contributed by atoms with Gasteiger partial charge in [0.25, 0.3) is 0 Å². The fraction of sp³-hybridized carbons (Fsp3) is 0.357. The summed E-state index contributed by atoms with van der Waals surface area (Å²) in [4.78, 5) is 25.1. The quantitative estimate of drug-likeness (QED) is 0.756. The van der Waals surface area contributed by atoms with Crippen molar-refractivity contribution in [3.05, 3.63) is 34.7 Å². The van der Waals surface area contributed by atoms with Crippen LogP contribution in [0.25, 0.3) is 0 Å². The molecular weight excluding hydrogens is 302 g/mol. The van der Waals surface area contributed by atoms with Gasteiger partial charge in [-0.05, 0) is 17.9 Å². The van der Waals surface area contributed by atoms with Gasteiger partial charge in [0, 0.05) is 18.0 Å². The number of anilines is 1. The second-order valence-corrected chi connectivity index (χ2v) is 5.73. The van der Waals surface area contributed by atoms with Crippen LogP contribution in [0.2, 0.25) is 0 Å². The van der Waals surface area contributed by atoms with E-state index in [1.165, 1.54) is 4.68 Å². The molecule has 0 saturated heterocycles. The second-order valence-electron chi connectivity index (χ2n) is 4.70. The lowest BCUT2D eigenvalue weighted by Gasteiger charge is -2.17. The number of rotatable bonds is 6. The number of nitrogens with zero attached hydrogens (tertiary/aromatic N) is 2. The van der Waals surface area contributed by atoms with E-state index in [1.807, 2.05) is 24.4 Å². The predicted octanol–water partition coefficient (Wildman–Crippen LogP) is 1.70. The van der Waals surface area contributed by atoms with Crippen molar-refractivity contribution in [3.63, 3.8) is 0 Å². The van der Waals surface area contributed by atoms with Crippen LogP contribution in [-0.4, -0.2) is 27.8 Å². The van der Waals surface area contributed by atoms with Crippen molar-refractivity contribution in [2.75, 3.05) is 5.32 Å². The largest absolute Gasteiger partial charge is 0.349 e. The van der Waals surface area contributed by atoms with Crippen LogP contribution in [0.3, 0.4) is 0 Å². The van der Waals surface area contributed by atoms with Gasteiger partial charge in [0.05, 0.1) is 12.7 Å². The summed E-state index contributed by atoms with van der Waals surface area (Å²) in [6, 6.07) is 4.56. The third kappa shape index (κ3) is 4.32. The number of urea groups is 1. The number of nitrogens with one attached hydrogen (secondary N) is 3. The molecule has 0 saturated carbocycles. The minimum Gasteiger partial charge on any atom is -0.349 e. The number of aryl methyl sites for hydroxylation is 1. The second kappa shape index (κ2) is 7.60. The summed E-state index contributed by atoms with van der Waals surface area (Å²) >= 11 is 1.58. The van der Waals surface area contributed by atoms with Crippen LogP contribution in [-0.2, 0) is 18.4 Å². The molecule has 0 aliphatic rings. The van der Waals surface area contributed by atoms with E-state index in [4.69, 9.17) is 0 Å². The zero-order chi connectivity index (χ0) is 15.9. The Labute approximate surface area is 132 Å². The Hall–Kier alpha value is -2.35. The molecule has 2 aromatic heterocycles. The van der Waals surface area contributed by atoms with Crippen molar-refractivity contribution in [1.29, 1.82) is 0 Å². The number of thiophene rings is 1. The Kier molecular flexibility index (Phi) is 5.54. The zero-order valence-corrected chi connectivity index (χ0v) is 13.3. The topological polar surface area (TPSA) is 88.1 Å². The fourth-order valence-electron chi connectivity index (χ4n) is 1.87. The van der Waals surface area contributed by atoms with Gasteiger partial charge in [-0.15, -0.1) is 11.3 Å². The first-order valence-corrected chi connectivity index (χ1v) is 7.83. The van der Waals surface area contributed by atoms with Gasteiger partial charge in [-0.25, -0.2) is 4.79 Å². The van der Waals surface area contributed by atoms with Gasteiger partial charge in [0.1, 0.15) is 11.9 Å². The van der Waals surface area contributed by atoms with E-state index in [2.05, 4.69) is 21.0 Å². The van der Waals surface area contributed by atoms with Gasteiger partial charge in [-0.2, -0.15) is 5.10 Å². The molecule has 0 radical (unpaired) electrons. The van der Waals surface area contributed by atoms with Crippen LogP contribution in [0.5, 0.6) is 0 Å².